The Labute approximate surface area is 217 Å². The molecular weight excluding hydrogens is 464 g/mol. The number of nitrogens with one attached hydrogen (secondary N) is 1. The topological polar surface area (TPSA) is 78.9 Å². The highest BCUT2D eigenvalue weighted by atomic mass is 16.5. The van der Waals surface area contributed by atoms with Crippen LogP contribution in [0.5, 0.6) is 5.75 Å². The first-order chi connectivity index (χ1) is 17.9. The molecule has 0 bridgehead atoms. The van der Waals surface area contributed by atoms with E-state index in [1.165, 1.54) is 6.92 Å². The van der Waals surface area contributed by atoms with Crippen molar-refractivity contribution in [1.82, 2.24) is 10.2 Å². The van der Waals surface area contributed by atoms with Crippen LogP contribution in [0.25, 0.3) is 10.8 Å². The van der Waals surface area contributed by atoms with Crippen LogP contribution in [-0.4, -0.2) is 53.7 Å². The maximum atomic E-state index is 13.3. The minimum Gasteiger partial charge on any atom is -0.427 e. The number of carbonyl (C=O) groups excluding carboxylic acids is 2. The molecule has 4 atom stereocenters. The molecule has 2 aliphatic rings. The van der Waals surface area contributed by atoms with Crippen LogP contribution in [0.4, 0.5) is 0 Å². The van der Waals surface area contributed by atoms with Crippen LogP contribution in [0, 0.1) is 5.92 Å². The number of aliphatic hydroxyl groups is 1. The zero-order valence-electron chi connectivity index (χ0n) is 21.2. The average Bonchev–Trinajstić information content (AvgIpc) is 2.89. The molecule has 1 unspecified atom stereocenters. The number of hydrogen-bond donors (Lipinski definition) is 2. The molecule has 37 heavy (non-hydrogen) atoms. The van der Waals surface area contributed by atoms with E-state index in [0.29, 0.717) is 24.2 Å². The number of hydrogen-bond acceptors (Lipinski definition) is 5. The lowest BCUT2D eigenvalue weighted by molar-refractivity contribution is -0.131. The van der Waals surface area contributed by atoms with Crippen molar-refractivity contribution in [3.05, 3.63) is 90.5 Å². The van der Waals surface area contributed by atoms with Crippen molar-refractivity contribution in [2.45, 2.75) is 43.7 Å². The van der Waals surface area contributed by atoms with Gasteiger partial charge in [0.1, 0.15) is 5.75 Å². The first-order valence-electron chi connectivity index (χ1n) is 13.0. The molecule has 192 valence electrons. The van der Waals surface area contributed by atoms with E-state index in [9.17, 15) is 14.7 Å². The van der Waals surface area contributed by atoms with Gasteiger partial charge in [0.15, 0.2) is 0 Å². The second-order valence-electron chi connectivity index (χ2n) is 10.4. The smallest absolute Gasteiger partial charge is 0.308 e. The third-order valence-electron chi connectivity index (χ3n) is 8.04. The summed E-state index contributed by atoms with van der Waals surface area (Å²) in [5, 5.41) is 16.8. The Morgan fingerprint density at radius 3 is 2.73 bits per heavy atom. The van der Waals surface area contributed by atoms with Gasteiger partial charge in [0, 0.05) is 43.0 Å². The van der Waals surface area contributed by atoms with Crippen molar-refractivity contribution >= 4 is 22.6 Å². The number of likely N-dealkylation sites (tertiary alicyclic amines) is 1. The molecule has 3 aromatic carbocycles. The lowest BCUT2D eigenvalue weighted by atomic mass is 9.57. The van der Waals surface area contributed by atoms with Crippen molar-refractivity contribution in [1.29, 1.82) is 0 Å². The number of nitrogens with zero attached hydrogens (tertiary/aromatic N) is 1. The van der Waals surface area contributed by atoms with Gasteiger partial charge < -0.3 is 15.2 Å². The Morgan fingerprint density at radius 2 is 1.95 bits per heavy atom. The molecule has 3 aromatic rings. The molecule has 0 aromatic heterocycles. The highest BCUT2D eigenvalue weighted by Gasteiger charge is 2.52. The van der Waals surface area contributed by atoms with Gasteiger partial charge in [0.25, 0.3) is 5.91 Å². The molecule has 6 heteroatoms. The van der Waals surface area contributed by atoms with E-state index in [1.807, 2.05) is 60.7 Å². The number of amides is 1. The van der Waals surface area contributed by atoms with E-state index < -0.39 is 6.10 Å². The monoisotopic (exact) mass is 498 g/mol. The van der Waals surface area contributed by atoms with Crippen molar-refractivity contribution in [2.24, 2.45) is 5.92 Å². The fourth-order valence-corrected chi connectivity index (χ4v) is 6.38. The van der Waals surface area contributed by atoms with Gasteiger partial charge in [-0.1, -0.05) is 48.5 Å². The number of carbonyl (C=O) groups is 2. The van der Waals surface area contributed by atoms with Gasteiger partial charge in [0.05, 0.1) is 6.10 Å². The molecule has 2 N–H and O–H groups in total. The summed E-state index contributed by atoms with van der Waals surface area (Å²) in [6.45, 7) is 7.66. The number of benzene rings is 3. The second-order valence-corrected chi connectivity index (χ2v) is 10.4. The number of rotatable bonds is 6. The summed E-state index contributed by atoms with van der Waals surface area (Å²) in [6, 6.07) is 21.2. The van der Waals surface area contributed by atoms with Gasteiger partial charge in [-0.15, -0.1) is 6.58 Å². The lowest BCUT2D eigenvalue weighted by Crippen LogP contribution is -2.61. The fourth-order valence-electron chi connectivity index (χ4n) is 6.38. The predicted molar refractivity (Wildman–Crippen MR) is 145 cm³/mol. The van der Waals surface area contributed by atoms with Gasteiger partial charge in [-0.2, -0.15) is 0 Å². The van der Waals surface area contributed by atoms with E-state index in [2.05, 4.69) is 22.9 Å². The molecule has 5 rings (SSSR count). The molecule has 2 fully saturated rings. The van der Waals surface area contributed by atoms with Crippen molar-refractivity contribution in [3.8, 4) is 5.75 Å². The fraction of sp³-hybridized carbons (Fsp3) is 0.355. The largest absolute Gasteiger partial charge is 0.427 e. The maximum absolute atomic E-state index is 13.3. The number of fused-ring (bicyclic) bond motifs is 2. The average molecular weight is 499 g/mol. The number of aliphatic hydroxyl groups excluding tert-OH is 1. The van der Waals surface area contributed by atoms with E-state index in [4.69, 9.17) is 4.74 Å². The first-order valence-corrected chi connectivity index (χ1v) is 13.0. The zero-order valence-corrected chi connectivity index (χ0v) is 21.2. The SMILES string of the molecule is C=CCN1CC[C@@]2(c3cccc(OC(C)=O)c3)C[C@@H](NC(=O)c3ccc4ccccc4c3)CC(O)[C@@H]2C1. The van der Waals surface area contributed by atoms with E-state index >= 15 is 0 Å². The van der Waals surface area contributed by atoms with Crippen LogP contribution in [0.2, 0.25) is 0 Å². The molecule has 0 spiro atoms. The summed E-state index contributed by atoms with van der Waals surface area (Å²) in [5.41, 5.74) is 1.30. The maximum Gasteiger partial charge on any atom is 0.308 e. The van der Waals surface area contributed by atoms with Crippen LogP contribution >= 0.6 is 0 Å². The highest BCUT2D eigenvalue weighted by molar-refractivity contribution is 5.98. The molecule has 6 nitrogen and oxygen atoms in total. The van der Waals surface area contributed by atoms with E-state index in [0.717, 1.165) is 42.4 Å². The molecule has 1 aliphatic carbocycles. The Balaban J connectivity index is 1.44. The molecule has 1 saturated heterocycles. The second kappa shape index (κ2) is 10.5. The van der Waals surface area contributed by atoms with Gasteiger partial charge >= 0.3 is 5.97 Å². The van der Waals surface area contributed by atoms with Crippen molar-refractivity contribution in [3.63, 3.8) is 0 Å². The van der Waals surface area contributed by atoms with Crippen LogP contribution in [0.15, 0.2) is 79.4 Å². The molecular formula is C31H34N2O4. The highest BCUT2D eigenvalue weighted by Crippen LogP contribution is 2.49. The van der Waals surface area contributed by atoms with E-state index in [-0.39, 0.29) is 29.3 Å². The summed E-state index contributed by atoms with van der Waals surface area (Å²) >= 11 is 0. The van der Waals surface area contributed by atoms with Gasteiger partial charge in [-0.3, -0.25) is 14.5 Å². The summed E-state index contributed by atoms with van der Waals surface area (Å²) in [6.07, 6.45) is 3.35. The molecule has 1 saturated carbocycles. The van der Waals surface area contributed by atoms with Crippen LogP contribution in [0.3, 0.4) is 0 Å². The number of esters is 1. The standard InChI is InChI=1S/C31H34N2O4/c1-3-14-33-15-13-31(25-9-6-10-27(17-25)37-21(2)34)19-26(18-29(35)28(31)20-33)32-30(36)24-12-11-22-7-4-5-8-23(22)16-24/h3-12,16-17,26,28-29,35H,1,13-15,18-20H2,2H3,(H,32,36)/t26-,28-,29?,31-/m0/s1. The van der Waals surface area contributed by atoms with Gasteiger partial charge in [-0.25, -0.2) is 0 Å². The normalized spacial score (nSPS) is 25.7. The Hall–Kier alpha value is -3.48. The van der Waals surface area contributed by atoms with E-state index in [1.54, 1.807) is 6.07 Å². The zero-order chi connectivity index (χ0) is 26.0. The predicted octanol–water partition coefficient (Wildman–Crippen LogP) is 4.46. The molecule has 1 amide bonds. The van der Waals surface area contributed by atoms with Crippen LogP contribution in [-0.2, 0) is 10.2 Å². The number of piperidine rings is 1. The lowest BCUT2D eigenvalue weighted by Gasteiger charge is -2.54. The quantitative estimate of drug-likeness (QED) is 0.298. The minimum atomic E-state index is -0.583. The van der Waals surface area contributed by atoms with Crippen molar-refractivity contribution < 1.29 is 19.4 Å². The van der Waals surface area contributed by atoms with Crippen LogP contribution in [0.1, 0.15) is 42.1 Å². The molecule has 0 radical (unpaired) electrons. The first kappa shape index (κ1) is 25.2. The summed E-state index contributed by atoms with van der Waals surface area (Å²) in [5.74, 6) is -0.00317. The Bertz CT molecular complexity index is 1320. The summed E-state index contributed by atoms with van der Waals surface area (Å²) in [4.78, 5) is 27.2. The summed E-state index contributed by atoms with van der Waals surface area (Å²) in [7, 11) is 0. The Kier molecular flexibility index (Phi) is 7.13. The third kappa shape index (κ3) is 5.17. The van der Waals surface area contributed by atoms with Crippen LogP contribution < -0.4 is 10.1 Å². The van der Waals surface area contributed by atoms with Gasteiger partial charge in [0.2, 0.25) is 0 Å². The number of ether oxygens (including phenoxy) is 1. The molecule has 1 aliphatic heterocycles. The summed E-state index contributed by atoms with van der Waals surface area (Å²) < 4.78 is 5.40. The van der Waals surface area contributed by atoms with Gasteiger partial charge in [-0.05, 0) is 66.4 Å². The third-order valence-corrected chi connectivity index (χ3v) is 8.04. The minimum absolute atomic E-state index is 0.0115. The Morgan fingerprint density at radius 1 is 1.14 bits per heavy atom. The molecule has 1 heterocycles. The van der Waals surface area contributed by atoms with Crippen molar-refractivity contribution in [2.75, 3.05) is 19.6 Å².